The number of ether oxygens (including phenoxy) is 2. The molecule has 35 heavy (non-hydrogen) atoms. The molecule has 0 heterocycles. The van der Waals surface area contributed by atoms with E-state index in [9.17, 15) is 9.90 Å². The molecule has 0 rings (SSSR count). The van der Waals surface area contributed by atoms with E-state index in [0.29, 0.717) is 19.6 Å². The minimum atomic E-state index is -0.521. The summed E-state index contributed by atoms with van der Waals surface area (Å²) in [5.74, 6) is -0.202. The molecular weight excluding hydrogens is 436 g/mol. The maximum Gasteiger partial charge on any atom is 0.306 e. The lowest BCUT2D eigenvalue weighted by atomic mass is 10.0. The Morgan fingerprint density at radius 1 is 0.571 bits per heavy atom. The van der Waals surface area contributed by atoms with Gasteiger partial charge in [-0.15, -0.1) is 0 Å². The van der Waals surface area contributed by atoms with Gasteiger partial charge in [-0.1, -0.05) is 149 Å². The second-order valence-electron chi connectivity index (χ2n) is 10.5. The number of esters is 1. The summed E-state index contributed by atoms with van der Waals surface area (Å²) in [5.41, 5.74) is 0. The summed E-state index contributed by atoms with van der Waals surface area (Å²) < 4.78 is 11.0. The molecule has 0 aromatic rings. The number of hydrogen-bond donors (Lipinski definition) is 1. The van der Waals surface area contributed by atoms with Crippen molar-refractivity contribution in [1.82, 2.24) is 0 Å². The van der Waals surface area contributed by atoms with Crippen LogP contribution in [0.1, 0.15) is 168 Å². The van der Waals surface area contributed by atoms with Crippen molar-refractivity contribution in [3.05, 3.63) is 0 Å². The molecule has 0 fully saturated rings. The fourth-order valence-corrected chi connectivity index (χ4v) is 4.56. The third-order valence-corrected chi connectivity index (χ3v) is 6.93. The first-order chi connectivity index (χ1) is 17.2. The van der Waals surface area contributed by atoms with E-state index in [4.69, 9.17) is 9.47 Å². The summed E-state index contributed by atoms with van der Waals surface area (Å²) in [6.45, 7) is 5.34. The highest BCUT2D eigenvalue weighted by atomic mass is 16.6. The van der Waals surface area contributed by atoms with Gasteiger partial charge in [-0.25, -0.2) is 0 Å². The Balaban J connectivity index is 3.39. The van der Waals surface area contributed by atoms with E-state index in [1.54, 1.807) is 0 Å². The van der Waals surface area contributed by atoms with E-state index in [2.05, 4.69) is 13.8 Å². The summed E-state index contributed by atoms with van der Waals surface area (Å²) in [6.07, 6.45) is 29.8. The van der Waals surface area contributed by atoms with Gasteiger partial charge in [0.1, 0.15) is 6.10 Å². The van der Waals surface area contributed by atoms with Crippen molar-refractivity contribution in [2.75, 3.05) is 19.8 Å². The average Bonchev–Trinajstić information content (AvgIpc) is 2.86. The van der Waals surface area contributed by atoms with Crippen LogP contribution in [0, 0.1) is 0 Å². The van der Waals surface area contributed by atoms with Crippen LogP contribution in [0.4, 0.5) is 0 Å². The van der Waals surface area contributed by atoms with Crippen molar-refractivity contribution in [2.45, 2.75) is 174 Å². The SMILES string of the molecule is CCCCCCCCCCCCCCCCOCC(CO)OC(=O)CCCCCCCCCCC. The summed E-state index contributed by atoms with van der Waals surface area (Å²) in [7, 11) is 0. The molecule has 0 saturated heterocycles. The van der Waals surface area contributed by atoms with E-state index in [1.807, 2.05) is 0 Å². The van der Waals surface area contributed by atoms with Crippen LogP contribution in [0.5, 0.6) is 0 Å². The lowest BCUT2D eigenvalue weighted by molar-refractivity contribution is -0.154. The van der Waals surface area contributed by atoms with Crippen molar-refractivity contribution in [3.63, 3.8) is 0 Å². The third kappa shape index (κ3) is 27.8. The predicted octanol–water partition coefficient (Wildman–Crippen LogP) is 9.31. The van der Waals surface area contributed by atoms with Crippen LogP contribution in [-0.2, 0) is 14.3 Å². The molecule has 4 nitrogen and oxygen atoms in total. The quantitative estimate of drug-likeness (QED) is 0.0824. The molecule has 0 aliphatic heterocycles. The van der Waals surface area contributed by atoms with Gasteiger partial charge in [-0.05, 0) is 12.8 Å². The zero-order valence-corrected chi connectivity index (χ0v) is 23.8. The first kappa shape index (κ1) is 34.4. The zero-order chi connectivity index (χ0) is 25.7. The van der Waals surface area contributed by atoms with Crippen LogP contribution in [0.3, 0.4) is 0 Å². The summed E-state index contributed by atoms with van der Waals surface area (Å²) >= 11 is 0. The monoisotopic (exact) mass is 498 g/mol. The Hall–Kier alpha value is -0.610. The van der Waals surface area contributed by atoms with Gasteiger partial charge in [0.05, 0.1) is 13.2 Å². The Morgan fingerprint density at radius 2 is 0.943 bits per heavy atom. The van der Waals surface area contributed by atoms with Gasteiger partial charge in [0.15, 0.2) is 0 Å². The van der Waals surface area contributed by atoms with E-state index in [0.717, 1.165) is 19.3 Å². The van der Waals surface area contributed by atoms with Crippen molar-refractivity contribution in [1.29, 1.82) is 0 Å². The normalized spacial score (nSPS) is 12.2. The Labute approximate surface area is 219 Å². The number of rotatable bonds is 29. The molecule has 1 atom stereocenters. The fraction of sp³-hybridized carbons (Fsp3) is 0.968. The Bertz CT molecular complexity index is 413. The van der Waals surface area contributed by atoms with E-state index >= 15 is 0 Å². The van der Waals surface area contributed by atoms with Gasteiger partial charge in [0.25, 0.3) is 0 Å². The van der Waals surface area contributed by atoms with Gasteiger partial charge in [0, 0.05) is 13.0 Å². The molecule has 0 amide bonds. The van der Waals surface area contributed by atoms with E-state index in [-0.39, 0.29) is 12.6 Å². The molecule has 0 aliphatic carbocycles. The minimum Gasteiger partial charge on any atom is -0.457 e. The summed E-state index contributed by atoms with van der Waals surface area (Å²) in [4.78, 5) is 12.0. The number of carbonyl (C=O) groups is 1. The second-order valence-corrected chi connectivity index (χ2v) is 10.5. The van der Waals surface area contributed by atoms with Crippen LogP contribution in [0.15, 0.2) is 0 Å². The number of unbranched alkanes of at least 4 members (excludes halogenated alkanes) is 21. The van der Waals surface area contributed by atoms with Crippen LogP contribution in [0.25, 0.3) is 0 Å². The first-order valence-electron chi connectivity index (χ1n) is 15.6. The third-order valence-electron chi connectivity index (χ3n) is 6.93. The topological polar surface area (TPSA) is 55.8 Å². The number of hydrogen-bond acceptors (Lipinski definition) is 4. The van der Waals surface area contributed by atoms with Crippen LogP contribution in [0.2, 0.25) is 0 Å². The smallest absolute Gasteiger partial charge is 0.306 e. The molecule has 210 valence electrons. The fourth-order valence-electron chi connectivity index (χ4n) is 4.56. The highest BCUT2D eigenvalue weighted by Crippen LogP contribution is 2.13. The first-order valence-corrected chi connectivity index (χ1v) is 15.6. The van der Waals surface area contributed by atoms with Crippen molar-refractivity contribution in [3.8, 4) is 0 Å². The molecule has 0 aliphatic rings. The standard InChI is InChI=1S/C31H62O4/c1-3-5-7-9-11-13-14-15-16-17-19-21-23-25-27-34-29-30(28-32)35-31(33)26-24-22-20-18-12-10-8-6-4-2/h30,32H,3-29H2,1-2H3. The van der Waals surface area contributed by atoms with Crippen LogP contribution in [-0.4, -0.2) is 37.0 Å². The molecule has 0 bridgehead atoms. The highest BCUT2D eigenvalue weighted by Gasteiger charge is 2.13. The predicted molar refractivity (Wildman–Crippen MR) is 150 cm³/mol. The van der Waals surface area contributed by atoms with Gasteiger partial charge < -0.3 is 14.6 Å². The van der Waals surface area contributed by atoms with Gasteiger partial charge in [-0.3, -0.25) is 4.79 Å². The number of aliphatic hydroxyl groups is 1. The van der Waals surface area contributed by atoms with Crippen LogP contribution < -0.4 is 0 Å². The van der Waals surface area contributed by atoms with E-state index < -0.39 is 6.10 Å². The molecule has 1 unspecified atom stereocenters. The van der Waals surface area contributed by atoms with E-state index in [1.165, 1.54) is 128 Å². The van der Waals surface area contributed by atoms with Gasteiger partial charge >= 0.3 is 5.97 Å². The van der Waals surface area contributed by atoms with Crippen molar-refractivity contribution >= 4 is 5.97 Å². The average molecular weight is 499 g/mol. The highest BCUT2D eigenvalue weighted by molar-refractivity contribution is 5.69. The van der Waals surface area contributed by atoms with Crippen LogP contribution >= 0.6 is 0 Å². The molecule has 0 radical (unpaired) electrons. The summed E-state index contributed by atoms with van der Waals surface area (Å²) in [5, 5.41) is 9.47. The maximum absolute atomic E-state index is 12.0. The molecule has 1 N–H and O–H groups in total. The molecule has 4 heteroatoms. The minimum absolute atomic E-state index is 0.164. The Morgan fingerprint density at radius 3 is 1.34 bits per heavy atom. The molecule has 0 aromatic carbocycles. The lowest BCUT2D eigenvalue weighted by Gasteiger charge is -2.16. The largest absolute Gasteiger partial charge is 0.457 e. The molecule has 0 saturated carbocycles. The number of aliphatic hydroxyl groups excluding tert-OH is 1. The molecule has 0 spiro atoms. The zero-order valence-electron chi connectivity index (χ0n) is 23.8. The van der Waals surface area contributed by atoms with Crippen molar-refractivity contribution < 1.29 is 19.4 Å². The lowest BCUT2D eigenvalue weighted by Crippen LogP contribution is -2.27. The summed E-state index contributed by atoms with van der Waals surface area (Å²) in [6, 6.07) is 0. The second kappa shape index (κ2) is 29.6. The number of carbonyl (C=O) groups excluding carboxylic acids is 1. The van der Waals surface area contributed by atoms with Crippen molar-refractivity contribution in [2.24, 2.45) is 0 Å². The van der Waals surface area contributed by atoms with Gasteiger partial charge in [-0.2, -0.15) is 0 Å². The maximum atomic E-state index is 12.0. The molecule has 0 aromatic heterocycles. The Kier molecular flexibility index (Phi) is 29.1. The van der Waals surface area contributed by atoms with Gasteiger partial charge in [0.2, 0.25) is 0 Å². The molecular formula is C31H62O4.